The Morgan fingerprint density at radius 3 is 1.86 bits per heavy atom. The summed E-state index contributed by atoms with van der Waals surface area (Å²) in [6.07, 6.45) is -5.51. The number of ether oxygens (including phenoxy) is 3. The molecule has 10 nitrogen and oxygen atoms in total. The Kier molecular flexibility index (Phi) is 7.94. The van der Waals surface area contributed by atoms with Crippen LogP contribution in [-0.4, -0.2) is 70.7 Å². The molecule has 0 bridgehead atoms. The van der Waals surface area contributed by atoms with Gasteiger partial charge in [0.15, 0.2) is 0 Å². The van der Waals surface area contributed by atoms with Crippen LogP contribution in [0.25, 0.3) is 0 Å². The van der Waals surface area contributed by atoms with Crippen molar-refractivity contribution < 1.29 is 48.7 Å². The summed E-state index contributed by atoms with van der Waals surface area (Å²) >= 11 is 0. The Morgan fingerprint density at radius 1 is 1.00 bits per heavy atom. The van der Waals surface area contributed by atoms with Crippen molar-refractivity contribution in [2.75, 3.05) is 13.2 Å². The largest absolute Gasteiger partial charge is 0.478 e. The molecule has 0 saturated carbocycles. The van der Waals surface area contributed by atoms with E-state index in [9.17, 15) is 19.2 Å². The highest BCUT2D eigenvalue weighted by atomic mass is 16.6. The van der Waals surface area contributed by atoms with Crippen molar-refractivity contribution >= 4 is 23.9 Å². The number of aliphatic hydroxyl groups excluding tert-OH is 2. The Balaban J connectivity index is 5.04. The van der Waals surface area contributed by atoms with E-state index in [1.54, 1.807) is 0 Å². The van der Waals surface area contributed by atoms with Gasteiger partial charge in [0, 0.05) is 13.8 Å². The SMILES string of the molecule is CC(=O)O[C@@H](C(=O)O)[C@@H](OC(C)=O)C(=O)OCC(O)CO. The fourth-order valence-corrected chi connectivity index (χ4v) is 1.15. The normalized spacial score (nSPS) is 14.5. The number of carboxylic acid groups (broad SMARTS) is 1. The lowest BCUT2D eigenvalue weighted by atomic mass is 10.2. The van der Waals surface area contributed by atoms with Crippen molar-refractivity contribution in [2.24, 2.45) is 0 Å². The zero-order chi connectivity index (χ0) is 16.6. The lowest BCUT2D eigenvalue weighted by molar-refractivity contribution is -0.189. The summed E-state index contributed by atoms with van der Waals surface area (Å²) in [4.78, 5) is 44.4. The van der Waals surface area contributed by atoms with Crippen LogP contribution >= 0.6 is 0 Å². The average Bonchev–Trinajstić information content (AvgIpc) is 2.38. The highest BCUT2D eigenvalue weighted by Gasteiger charge is 2.40. The standard InChI is InChI=1S/C11H16O10/c1-5(13)20-8(10(16)17)9(21-6(2)14)11(18)19-4-7(15)3-12/h7-9,12,15H,3-4H2,1-2H3,(H,16,17)/t7?,8-,9-/m1/s1. The van der Waals surface area contributed by atoms with E-state index in [1.165, 1.54) is 0 Å². The third kappa shape index (κ3) is 7.22. The van der Waals surface area contributed by atoms with Crippen molar-refractivity contribution in [1.82, 2.24) is 0 Å². The molecule has 0 aliphatic carbocycles. The molecule has 0 saturated heterocycles. The molecule has 1 unspecified atom stereocenters. The first-order valence-electron chi connectivity index (χ1n) is 5.71. The maximum atomic E-state index is 11.7. The maximum Gasteiger partial charge on any atom is 0.352 e. The smallest absolute Gasteiger partial charge is 0.352 e. The molecule has 0 spiro atoms. The number of aliphatic carboxylic acids is 1. The van der Waals surface area contributed by atoms with E-state index in [0.717, 1.165) is 13.8 Å². The summed E-state index contributed by atoms with van der Waals surface area (Å²) in [5.41, 5.74) is 0. The molecule has 0 heterocycles. The lowest BCUT2D eigenvalue weighted by Gasteiger charge is -2.22. The Hall–Kier alpha value is -2.20. The Morgan fingerprint density at radius 2 is 1.48 bits per heavy atom. The molecule has 0 aliphatic rings. The third-order valence-corrected chi connectivity index (χ3v) is 1.97. The second-order valence-corrected chi connectivity index (χ2v) is 3.86. The number of carbonyl (C=O) groups is 4. The first-order valence-corrected chi connectivity index (χ1v) is 5.71. The van der Waals surface area contributed by atoms with E-state index in [0.29, 0.717) is 0 Å². The van der Waals surface area contributed by atoms with E-state index in [-0.39, 0.29) is 0 Å². The topological polar surface area (TPSA) is 157 Å². The molecule has 0 aromatic rings. The zero-order valence-electron chi connectivity index (χ0n) is 11.3. The van der Waals surface area contributed by atoms with Crippen LogP contribution in [0.5, 0.6) is 0 Å². The second-order valence-electron chi connectivity index (χ2n) is 3.86. The minimum absolute atomic E-state index is 0.653. The Bertz CT molecular complexity index is 404. The zero-order valence-corrected chi connectivity index (χ0v) is 11.3. The van der Waals surface area contributed by atoms with Crippen LogP contribution in [0.3, 0.4) is 0 Å². The molecule has 3 atom stereocenters. The van der Waals surface area contributed by atoms with Gasteiger partial charge in [-0.15, -0.1) is 0 Å². The summed E-state index contributed by atoms with van der Waals surface area (Å²) < 4.78 is 13.4. The molecule has 0 rings (SSSR count). The van der Waals surface area contributed by atoms with Gasteiger partial charge < -0.3 is 29.5 Å². The number of rotatable bonds is 8. The van der Waals surface area contributed by atoms with Crippen LogP contribution in [0.4, 0.5) is 0 Å². The molecule has 0 radical (unpaired) electrons. The van der Waals surface area contributed by atoms with Crippen LogP contribution in [0.15, 0.2) is 0 Å². The van der Waals surface area contributed by atoms with E-state index >= 15 is 0 Å². The van der Waals surface area contributed by atoms with Gasteiger partial charge in [-0.1, -0.05) is 0 Å². The molecular formula is C11H16O10. The fraction of sp³-hybridized carbons (Fsp3) is 0.636. The highest BCUT2D eigenvalue weighted by Crippen LogP contribution is 2.09. The summed E-state index contributed by atoms with van der Waals surface area (Å²) in [5, 5.41) is 26.5. The summed E-state index contributed by atoms with van der Waals surface area (Å²) in [7, 11) is 0. The molecule has 0 aromatic heterocycles. The maximum absolute atomic E-state index is 11.7. The molecule has 120 valence electrons. The van der Waals surface area contributed by atoms with Crippen molar-refractivity contribution in [3.8, 4) is 0 Å². The van der Waals surface area contributed by atoms with Gasteiger partial charge in [0.05, 0.1) is 6.61 Å². The number of carbonyl (C=O) groups excluding carboxylic acids is 3. The van der Waals surface area contributed by atoms with Gasteiger partial charge in [-0.3, -0.25) is 9.59 Å². The second kappa shape index (κ2) is 8.87. The minimum Gasteiger partial charge on any atom is -0.478 e. The quantitative estimate of drug-likeness (QED) is 0.333. The predicted molar refractivity (Wildman–Crippen MR) is 62.8 cm³/mol. The molecule has 10 heteroatoms. The van der Waals surface area contributed by atoms with Gasteiger partial charge in [0.2, 0.25) is 12.2 Å². The number of carboxylic acids is 1. The van der Waals surface area contributed by atoms with E-state index in [2.05, 4.69) is 14.2 Å². The molecule has 3 N–H and O–H groups in total. The van der Waals surface area contributed by atoms with E-state index < -0.39 is 55.4 Å². The minimum atomic E-state index is -2.09. The van der Waals surface area contributed by atoms with Crippen molar-refractivity contribution in [3.05, 3.63) is 0 Å². The van der Waals surface area contributed by atoms with E-state index in [4.69, 9.17) is 15.3 Å². The highest BCUT2D eigenvalue weighted by molar-refractivity contribution is 5.88. The summed E-state index contributed by atoms with van der Waals surface area (Å²) in [5.74, 6) is -5.08. The molecule has 0 aromatic carbocycles. The van der Waals surface area contributed by atoms with Crippen LogP contribution < -0.4 is 0 Å². The van der Waals surface area contributed by atoms with Gasteiger partial charge in [-0.25, -0.2) is 9.59 Å². The number of aliphatic hydroxyl groups is 2. The lowest BCUT2D eigenvalue weighted by Crippen LogP contribution is -2.46. The summed E-state index contributed by atoms with van der Waals surface area (Å²) in [6, 6.07) is 0. The van der Waals surface area contributed by atoms with Crippen LogP contribution in [0.1, 0.15) is 13.8 Å². The first-order chi connectivity index (χ1) is 9.68. The number of esters is 3. The Labute approximate surface area is 119 Å². The van der Waals surface area contributed by atoms with Gasteiger partial charge >= 0.3 is 23.9 Å². The third-order valence-electron chi connectivity index (χ3n) is 1.97. The van der Waals surface area contributed by atoms with Gasteiger partial charge in [-0.05, 0) is 0 Å². The summed E-state index contributed by atoms with van der Waals surface area (Å²) in [6.45, 7) is 0.467. The number of hydrogen-bond donors (Lipinski definition) is 3. The predicted octanol–water partition coefficient (Wildman–Crippen LogP) is -2.17. The van der Waals surface area contributed by atoms with Crippen molar-refractivity contribution in [2.45, 2.75) is 32.2 Å². The van der Waals surface area contributed by atoms with Gasteiger partial charge in [-0.2, -0.15) is 0 Å². The monoisotopic (exact) mass is 308 g/mol. The van der Waals surface area contributed by atoms with Gasteiger partial charge in [0.1, 0.15) is 12.7 Å². The van der Waals surface area contributed by atoms with Crippen molar-refractivity contribution in [3.63, 3.8) is 0 Å². The van der Waals surface area contributed by atoms with Crippen LogP contribution in [0, 0.1) is 0 Å². The molecule has 0 amide bonds. The van der Waals surface area contributed by atoms with E-state index in [1.807, 2.05) is 0 Å². The van der Waals surface area contributed by atoms with Crippen LogP contribution in [-0.2, 0) is 33.4 Å². The first kappa shape index (κ1) is 18.8. The molecule has 0 aliphatic heterocycles. The van der Waals surface area contributed by atoms with Crippen molar-refractivity contribution in [1.29, 1.82) is 0 Å². The molecule has 0 fully saturated rings. The fourth-order valence-electron chi connectivity index (χ4n) is 1.15. The number of hydrogen-bond acceptors (Lipinski definition) is 9. The molecular weight excluding hydrogens is 292 g/mol. The average molecular weight is 308 g/mol. The van der Waals surface area contributed by atoms with Crippen LogP contribution in [0.2, 0.25) is 0 Å². The van der Waals surface area contributed by atoms with Gasteiger partial charge in [0.25, 0.3) is 0 Å². The molecule has 21 heavy (non-hydrogen) atoms.